The molecule has 0 fully saturated rings. The number of hydrogen-bond donors (Lipinski definition) is 0. The number of nitrogens with zero attached hydrogens (tertiary/aromatic N) is 1. The van der Waals surface area contributed by atoms with E-state index in [-0.39, 0.29) is 5.91 Å². The summed E-state index contributed by atoms with van der Waals surface area (Å²) in [6, 6.07) is 13.0. The second kappa shape index (κ2) is 7.56. The van der Waals surface area contributed by atoms with E-state index in [1.165, 1.54) is 0 Å². The van der Waals surface area contributed by atoms with Crippen LogP contribution in [0.4, 0.5) is 0 Å². The van der Waals surface area contributed by atoms with Crippen molar-refractivity contribution >= 4 is 29.3 Å². The van der Waals surface area contributed by atoms with Gasteiger partial charge in [-0.15, -0.1) is 11.8 Å². The molecule has 0 N–H and O–H groups in total. The van der Waals surface area contributed by atoms with E-state index in [0.29, 0.717) is 17.1 Å². The first-order chi connectivity index (χ1) is 10.6. The van der Waals surface area contributed by atoms with Gasteiger partial charge in [-0.05, 0) is 36.6 Å². The molecule has 0 atom stereocenters. The Labute approximate surface area is 140 Å². The second-order valence-corrected chi connectivity index (χ2v) is 6.10. The van der Waals surface area contributed by atoms with E-state index in [1.807, 2.05) is 42.7 Å². The fourth-order valence-corrected chi connectivity index (χ4v) is 3.01. The minimum absolute atomic E-state index is 0.0213. The molecule has 2 rings (SSSR count). The third-order valence-corrected chi connectivity index (χ3v) is 4.36. The summed E-state index contributed by atoms with van der Waals surface area (Å²) in [6.45, 7) is 0.436. The van der Waals surface area contributed by atoms with Crippen molar-refractivity contribution in [1.29, 1.82) is 0 Å². The van der Waals surface area contributed by atoms with Crippen LogP contribution in [0.5, 0.6) is 5.75 Å². The van der Waals surface area contributed by atoms with Crippen LogP contribution in [-0.4, -0.2) is 31.2 Å². The molecule has 3 nitrogen and oxygen atoms in total. The van der Waals surface area contributed by atoms with E-state index in [2.05, 4.69) is 0 Å². The molecule has 0 aromatic heterocycles. The van der Waals surface area contributed by atoms with Gasteiger partial charge in [-0.3, -0.25) is 4.79 Å². The first-order valence-corrected chi connectivity index (χ1v) is 8.38. The number of amides is 1. The highest BCUT2D eigenvalue weighted by Gasteiger charge is 2.17. The fraction of sp³-hybridized carbons (Fsp3) is 0.235. The van der Waals surface area contributed by atoms with Gasteiger partial charge in [0.1, 0.15) is 5.75 Å². The van der Waals surface area contributed by atoms with Crippen LogP contribution in [0.3, 0.4) is 0 Å². The van der Waals surface area contributed by atoms with Crippen LogP contribution < -0.4 is 4.74 Å². The molecule has 0 heterocycles. The predicted molar refractivity (Wildman–Crippen MR) is 92.0 cm³/mol. The van der Waals surface area contributed by atoms with Gasteiger partial charge >= 0.3 is 0 Å². The highest BCUT2D eigenvalue weighted by atomic mass is 35.5. The molecule has 1 amide bonds. The molecular formula is C17H18ClNO2S. The highest BCUT2D eigenvalue weighted by molar-refractivity contribution is 7.98. The molecule has 116 valence electrons. The standard InChI is InChI=1S/C17H18ClNO2S/c1-19(11-12-10-13(18)8-9-15(12)21-2)17(20)14-6-4-5-7-16(14)22-3/h4-10H,11H2,1-3H3. The zero-order chi connectivity index (χ0) is 16.1. The van der Waals surface area contributed by atoms with Crippen molar-refractivity contribution in [3.05, 3.63) is 58.6 Å². The summed E-state index contributed by atoms with van der Waals surface area (Å²) >= 11 is 7.60. The lowest BCUT2D eigenvalue weighted by Gasteiger charge is -2.20. The molecule has 2 aromatic rings. The molecule has 0 radical (unpaired) electrons. The van der Waals surface area contributed by atoms with E-state index in [1.54, 1.807) is 36.9 Å². The van der Waals surface area contributed by atoms with Gasteiger partial charge in [0.05, 0.1) is 12.7 Å². The Balaban J connectivity index is 2.23. The van der Waals surface area contributed by atoms with Crippen molar-refractivity contribution in [1.82, 2.24) is 4.90 Å². The average Bonchev–Trinajstić information content (AvgIpc) is 2.54. The maximum Gasteiger partial charge on any atom is 0.255 e. The lowest BCUT2D eigenvalue weighted by molar-refractivity contribution is 0.0781. The molecule has 2 aromatic carbocycles. The number of thioether (sulfide) groups is 1. The normalized spacial score (nSPS) is 10.4. The van der Waals surface area contributed by atoms with Gasteiger partial charge in [-0.1, -0.05) is 23.7 Å². The van der Waals surface area contributed by atoms with Crippen LogP contribution in [0.2, 0.25) is 5.02 Å². The molecule has 0 aliphatic rings. The van der Waals surface area contributed by atoms with Crippen LogP contribution in [0.1, 0.15) is 15.9 Å². The third-order valence-electron chi connectivity index (χ3n) is 3.33. The summed E-state index contributed by atoms with van der Waals surface area (Å²) in [4.78, 5) is 15.3. The lowest BCUT2D eigenvalue weighted by atomic mass is 10.1. The largest absolute Gasteiger partial charge is 0.496 e. The van der Waals surface area contributed by atoms with Crippen molar-refractivity contribution in [2.45, 2.75) is 11.4 Å². The van der Waals surface area contributed by atoms with Crippen molar-refractivity contribution in [3.8, 4) is 5.75 Å². The van der Waals surface area contributed by atoms with Gasteiger partial charge in [0.25, 0.3) is 5.91 Å². The molecule has 0 aliphatic carbocycles. The van der Waals surface area contributed by atoms with Gasteiger partial charge in [0.2, 0.25) is 0 Å². The number of ether oxygens (including phenoxy) is 1. The number of benzene rings is 2. The van der Waals surface area contributed by atoms with E-state index in [0.717, 1.165) is 16.2 Å². The molecule has 0 bridgehead atoms. The van der Waals surface area contributed by atoms with Crippen molar-refractivity contribution < 1.29 is 9.53 Å². The molecule has 0 saturated carbocycles. The predicted octanol–water partition coefficient (Wildman–Crippen LogP) is 4.34. The molecule has 0 spiro atoms. The van der Waals surface area contributed by atoms with Crippen LogP contribution in [-0.2, 0) is 6.54 Å². The number of halogens is 1. The SMILES string of the molecule is COc1ccc(Cl)cc1CN(C)C(=O)c1ccccc1SC. The summed E-state index contributed by atoms with van der Waals surface area (Å²) < 4.78 is 5.33. The maximum absolute atomic E-state index is 12.7. The van der Waals surface area contributed by atoms with Gasteiger partial charge in [0.15, 0.2) is 0 Å². The number of hydrogen-bond acceptors (Lipinski definition) is 3. The van der Waals surface area contributed by atoms with Gasteiger partial charge in [-0.2, -0.15) is 0 Å². The molecule has 0 saturated heterocycles. The van der Waals surface area contributed by atoms with Crippen LogP contribution >= 0.6 is 23.4 Å². The molecular weight excluding hydrogens is 318 g/mol. The highest BCUT2D eigenvalue weighted by Crippen LogP contribution is 2.25. The molecule has 5 heteroatoms. The van der Waals surface area contributed by atoms with E-state index >= 15 is 0 Å². The zero-order valence-corrected chi connectivity index (χ0v) is 14.4. The smallest absolute Gasteiger partial charge is 0.255 e. The summed E-state index contributed by atoms with van der Waals surface area (Å²) in [7, 11) is 3.39. The summed E-state index contributed by atoms with van der Waals surface area (Å²) in [5, 5.41) is 0.626. The lowest BCUT2D eigenvalue weighted by Crippen LogP contribution is -2.26. The Morgan fingerprint density at radius 3 is 2.68 bits per heavy atom. The minimum Gasteiger partial charge on any atom is -0.496 e. The second-order valence-electron chi connectivity index (χ2n) is 4.82. The molecule has 22 heavy (non-hydrogen) atoms. The van der Waals surface area contributed by atoms with E-state index in [9.17, 15) is 4.79 Å². The Morgan fingerprint density at radius 1 is 1.27 bits per heavy atom. The van der Waals surface area contributed by atoms with Crippen LogP contribution in [0.15, 0.2) is 47.4 Å². The number of rotatable bonds is 5. The maximum atomic E-state index is 12.7. The monoisotopic (exact) mass is 335 g/mol. The average molecular weight is 336 g/mol. The number of methoxy groups -OCH3 is 1. The van der Waals surface area contributed by atoms with Crippen molar-refractivity contribution in [3.63, 3.8) is 0 Å². The Hall–Kier alpha value is -1.65. The molecule has 0 aliphatic heterocycles. The summed E-state index contributed by atoms with van der Waals surface area (Å²) in [5.41, 5.74) is 1.59. The van der Waals surface area contributed by atoms with Crippen molar-refractivity contribution in [2.24, 2.45) is 0 Å². The first-order valence-electron chi connectivity index (χ1n) is 6.77. The quantitative estimate of drug-likeness (QED) is 0.761. The van der Waals surface area contributed by atoms with Crippen LogP contribution in [0, 0.1) is 0 Å². The number of carbonyl (C=O) groups is 1. The molecule has 0 unspecified atom stereocenters. The summed E-state index contributed by atoms with van der Waals surface area (Å²) in [5.74, 6) is 0.703. The van der Waals surface area contributed by atoms with E-state index < -0.39 is 0 Å². The topological polar surface area (TPSA) is 29.5 Å². The number of carbonyl (C=O) groups excluding carboxylic acids is 1. The third kappa shape index (κ3) is 3.76. The van der Waals surface area contributed by atoms with Crippen molar-refractivity contribution in [2.75, 3.05) is 20.4 Å². The zero-order valence-electron chi connectivity index (χ0n) is 12.8. The fourth-order valence-electron chi connectivity index (χ4n) is 2.22. The Morgan fingerprint density at radius 2 is 2.00 bits per heavy atom. The van der Waals surface area contributed by atoms with Crippen LogP contribution in [0.25, 0.3) is 0 Å². The Kier molecular flexibility index (Phi) is 5.75. The van der Waals surface area contributed by atoms with Gasteiger partial charge in [-0.25, -0.2) is 0 Å². The van der Waals surface area contributed by atoms with E-state index in [4.69, 9.17) is 16.3 Å². The van der Waals surface area contributed by atoms with Gasteiger partial charge in [0, 0.05) is 29.1 Å². The van der Waals surface area contributed by atoms with Gasteiger partial charge < -0.3 is 9.64 Å². The first kappa shape index (κ1) is 16.7. The Bertz CT molecular complexity index is 675. The minimum atomic E-state index is -0.0213. The summed E-state index contributed by atoms with van der Waals surface area (Å²) in [6.07, 6.45) is 1.96.